The van der Waals surface area contributed by atoms with E-state index in [0.717, 1.165) is 31.2 Å². The molecule has 0 bridgehead atoms. The molecule has 0 aromatic heterocycles. The maximum Gasteiger partial charge on any atom is 0.239 e. The SMILES string of the molecule is CCCCCCC(=O)NCC(=O)NCCc1ccc(F)cc1. The summed E-state index contributed by atoms with van der Waals surface area (Å²) in [5.74, 6) is -0.553. The second-order valence-electron chi connectivity index (χ2n) is 5.31. The monoisotopic (exact) mass is 308 g/mol. The topological polar surface area (TPSA) is 58.2 Å². The molecule has 122 valence electrons. The number of benzene rings is 1. The first kappa shape index (κ1) is 18.1. The van der Waals surface area contributed by atoms with Crippen LogP contribution in [-0.2, 0) is 16.0 Å². The Morgan fingerprint density at radius 3 is 2.41 bits per heavy atom. The number of amides is 2. The largest absolute Gasteiger partial charge is 0.354 e. The Balaban J connectivity index is 2.08. The van der Waals surface area contributed by atoms with Crippen LogP contribution in [0.5, 0.6) is 0 Å². The first-order valence-electron chi connectivity index (χ1n) is 7.89. The van der Waals surface area contributed by atoms with Gasteiger partial charge in [0.15, 0.2) is 0 Å². The molecule has 0 aliphatic heterocycles. The van der Waals surface area contributed by atoms with Gasteiger partial charge >= 0.3 is 0 Å². The van der Waals surface area contributed by atoms with Crippen molar-refractivity contribution in [3.63, 3.8) is 0 Å². The molecule has 2 amide bonds. The van der Waals surface area contributed by atoms with Crippen LogP contribution in [0.2, 0.25) is 0 Å². The van der Waals surface area contributed by atoms with Crippen molar-refractivity contribution in [1.82, 2.24) is 10.6 Å². The van der Waals surface area contributed by atoms with Gasteiger partial charge in [0.05, 0.1) is 6.54 Å². The lowest BCUT2D eigenvalue weighted by Gasteiger charge is -2.07. The van der Waals surface area contributed by atoms with Gasteiger partial charge in [-0.15, -0.1) is 0 Å². The van der Waals surface area contributed by atoms with Crippen molar-refractivity contribution in [2.45, 2.75) is 45.4 Å². The predicted octanol–water partition coefficient (Wildman–Crippen LogP) is 2.57. The standard InChI is InChI=1S/C17H25FN2O2/c1-2-3-4-5-6-16(21)20-13-17(22)19-12-11-14-7-9-15(18)10-8-14/h7-10H,2-6,11-13H2,1H3,(H,19,22)(H,20,21). The average molecular weight is 308 g/mol. The Morgan fingerprint density at radius 2 is 1.73 bits per heavy atom. The third kappa shape index (κ3) is 8.39. The molecule has 0 unspecified atom stereocenters. The molecule has 0 fully saturated rings. The lowest BCUT2D eigenvalue weighted by molar-refractivity contribution is -0.126. The minimum absolute atomic E-state index is 0.00995. The number of nitrogens with one attached hydrogen (secondary N) is 2. The molecular weight excluding hydrogens is 283 g/mol. The maximum absolute atomic E-state index is 12.7. The molecule has 1 aromatic carbocycles. The number of unbranched alkanes of at least 4 members (excludes halogenated alkanes) is 3. The highest BCUT2D eigenvalue weighted by atomic mass is 19.1. The summed E-state index contributed by atoms with van der Waals surface area (Å²) in [5.41, 5.74) is 0.960. The molecule has 1 rings (SSSR count). The Kier molecular flexibility index (Phi) is 8.88. The van der Waals surface area contributed by atoms with Crippen molar-refractivity contribution in [3.8, 4) is 0 Å². The molecule has 0 heterocycles. The van der Waals surface area contributed by atoms with E-state index in [1.54, 1.807) is 12.1 Å². The smallest absolute Gasteiger partial charge is 0.239 e. The van der Waals surface area contributed by atoms with Crippen LogP contribution in [0, 0.1) is 5.82 Å². The minimum atomic E-state index is -0.269. The van der Waals surface area contributed by atoms with Gasteiger partial charge in [-0.05, 0) is 30.5 Å². The van der Waals surface area contributed by atoms with Crippen molar-refractivity contribution in [1.29, 1.82) is 0 Å². The number of hydrogen-bond acceptors (Lipinski definition) is 2. The van der Waals surface area contributed by atoms with Crippen molar-refractivity contribution in [2.75, 3.05) is 13.1 Å². The summed E-state index contributed by atoms with van der Waals surface area (Å²) in [6, 6.07) is 6.19. The Labute approximate surface area is 131 Å². The van der Waals surface area contributed by atoms with Crippen molar-refractivity contribution in [2.24, 2.45) is 0 Å². The van der Waals surface area contributed by atoms with Gasteiger partial charge in [-0.25, -0.2) is 4.39 Å². The summed E-state index contributed by atoms with van der Waals surface area (Å²) in [7, 11) is 0. The average Bonchev–Trinajstić information content (AvgIpc) is 2.51. The van der Waals surface area contributed by atoms with E-state index < -0.39 is 0 Å². The summed E-state index contributed by atoms with van der Waals surface area (Å²) < 4.78 is 12.7. The van der Waals surface area contributed by atoms with Crippen molar-refractivity contribution >= 4 is 11.8 Å². The Morgan fingerprint density at radius 1 is 1.00 bits per heavy atom. The van der Waals surface area contributed by atoms with Gasteiger partial charge < -0.3 is 10.6 Å². The minimum Gasteiger partial charge on any atom is -0.354 e. The van der Waals surface area contributed by atoms with E-state index >= 15 is 0 Å². The molecule has 0 saturated carbocycles. The molecule has 5 heteroatoms. The fourth-order valence-electron chi connectivity index (χ4n) is 2.04. The third-order valence-corrected chi connectivity index (χ3v) is 3.35. The summed E-state index contributed by atoms with van der Waals surface area (Å²) in [4.78, 5) is 23.1. The Bertz CT molecular complexity index is 460. The van der Waals surface area contributed by atoms with E-state index in [1.807, 2.05) is 0 Å². The molecule has 22 heavy (non-hydrogen) atoms. The van der Waals surface area contributed by atoms with Gasteiger partial charge in [0.25, 0.3) is 0 Å². The van der Waals surface area contributed by atoms with Crippen LogP contribution in [0.4, 0.5) is 4.39 Å². The van der Waals surface area contributed by atoms with Gasteiger partial charge in [-0.1, -0.05) is 38.3 Å². The lowest BCUT2D eigenvalue weighted by atomic mass is 10.1. The summed E-state index contributed by atoms with van der Waals surface area (Å²) in [5, 5.41) is 5.35. The van der Waals surface area contributed by atoms with Crippen LogP contribution in [0.15, 0.2) is 24.3 Å². The molecule has 0 spiro atoms. The Hall–Kier alpha value is -1.91. The first-order valence-corrected chi connectivity index (χ1v) is 7.89. The number of carbonyl (C=O) groups is 2. The fourth-order valence-corrected chi connectivity index (χ4v) is 2.04. The zero-order chi connectivity index (χ0) is 16.2. The summed E-state index contributed by atoms with van der Waals surface area (Å²) >= 11 is 0. The lowest BCUT2D eigenvalue weighted by Crippen LogP contribution is -2.37. The van der Waals surface area contributed by atoms with Crippen LogP contribution in [0.25, 0.3) is 0 Å². The maximum atomic E-state index is 12.7. The van der Waals surface area contributed by atoms with Crippen LogP contribution < -0.4 is 10.6 Å². The van der Waals surface area contributed by atoms with E-state index in [0.29, 0.717) is 19.4 Å². The van der Waals surface area contributed by atoms with E-state index in [2.05, 4.69) is 17.6 Å². The normalized spacial score (nSPS) is 10.3. The molecule has 1 aromatic rings. The van der Waals surface area contributed by atoms with E-state index in [1.165, 1.54) is 12.1 Å². The second kappa shape index (κ2) is 10.8. The number of rotatable bonds is 10. The first-order chi connectivity index (χ1) is 10.6. The molecule has 0 aliphatic carbocycles. The zero-order valence-corrected chi connectivity index (χ0v) is 13.2. The van der Waals surface area contributed by atoms with Gasteiger partial charge in [0.2, 0.25) is 11.8 Å². The molecule has 0 radical (unpaired) electrons. The molecule has 0 aliphatic rings. The van der Waals surface area contributed by atoms with Crippen LogP contribution in [0.1, 0.15) is 44.6 Å². The van der Waals surface area contributed by atoms with E-state index in [-0.39, 0.29) is 24.2 Å². The highest BCUT2D eigenvalue weighted by Gasteiger charge is 2.05. The summed E-state index contributed by atoms with van der Waals surface area (Å²) in [6.45, 7) is 2.60. The van der Waals surface area contributed by atoms with Crippen molar-refractivity contribution < 1.29 is 14.0 Å². The van der Waals surface area contributed by atoms with Gasteiger partial charge in [0.1, 0.15) is 5.82 Å². The highest BCUT2D eigenvalue weighted by molar-refractivity contribution is 5.84. The van der Waals surface area contributed by atoms with Crippen LogP contribution >= 0.6 is 0 Å². The third-order valence-electron chi connectivity index (χ3n) is 3.35. The molecular formula is C17H25FN2O2. The number of hydrogen-bond donors (Lipinski definition) is 2. The second-order valence-corrected chi connectivity index (χ2v) is 5.31. The molecule has 0 atom stereocenters. The van der Waals surface area contributed by atoms with Gasteiger partial charge in [-0.2, -0.15) is 0 Å². The molecule has 4 nitrogen and oxygen atoms in total. The van der Waals surface area contributed by atoms with Gasteiger partial charge in [0, 0.05) is 13.0 Å². The van der Waals surface area contributed by atoms with Crippen LogP contribution in [-0.4, -0.2) is 24.9 Å². The highest BCUT2D eigenvalue weighted by Crippen LogP contribution is 2.03. The quantitative estimate of drug-likeness (QED) is 0.653. The molecule has 0 saturated heterocycles. The molecule has 2 N–H and O–H groups in total. The number of carbonyl (C=O) groups excluding carboxylic acids is 2. The summed E-state index contributed by atoms with van der Waals surface area (Å²) in [6.07, 6.45) is 5.30. The van der Waals surface area contributed by atoms with Crippen LogP contribution in [0.3, 0.4) is 0 Å². The van der Waals surface area contributed by atoms with Gasteiger partial charge in [-0.3, -0.25) is 9.59 Å². The van der Waals surface area contributed by atoms with E-state index in [9.17, 15) is 14.0 Å². The number of halogens is 1. The fraction of sp³-hybridized carbons (Fsp3) is 0.529. The zero-order valence-electron chi connectivity index (χ0n) is 13.2. The van der Waals surface area contributed by atoms with Crippen molar-refractivity contribution in [3.05, 3.63) is 35.6 Å². The van der Waals surface area contributed by atoms with E-state index in [4.69, 9.17) is 0 Å². The predicted molar refractivity (Wildman–Crippen MR) is 84.9 cm³/mol.